The molecule has 0 aliphatic heterocycles. The quantitative estimate of drug-likeness (QED) is 0.252. The van der Waals surface area contributed by atoms with E-state index in [9.17, 15) is 0 Å². The van der Waals surface area contributed by atoms with Crippen molar-refractivity contribution in [2.24, 2.45) is 0 Å². The van der Waals surface area contributed by atoms with Crippen LogP contribution in [-0.2, 0) is 0 Å². The first-order valence-electron chi connectivity index (χ1n) is 11.7. The third-order valence-corrected chi connectivity index (χ3v) is 6.65. The lowest BCUT2D eigenvalue weighted by Crippen LogP contribution is -1.99. The van der Waals surface area contributed by atoms with Gasteiger partial charge in [0.25, 0.3) is 0 Å². The second kappa shape index (κ2) is 8.29. The van der Waals surface area contributed by atoms with E-state index < -0.39 is 0 Å². The number of hydrogen-bond acceptors (Lipinski definition) is 4. The molecule has 0 bridgehead atoms. The minimum Gasteiger partial charge on any atom is -0.456 e. The zero-order chi connectivity index (χ0) is 24.1. The van der Waals surface area contributed by atoms with E-state index in [1.807, 2.05) is 66.7 Å². The highest BCUT2D eigenvalue weighted by molar-refractivity contribution is 6.28. The number of nitrogens with zero attached hydrogens (tertiary/aromatic N) is 3. The van der Waals surface area contributed by atoms with Gasteiger partial charge in [-0.1, -0.05) is 91.0 Å². The van der Waals surface area contributed by atoms with Gasteiger partial charge in [0.2, 0.25) is 5.28 Å². The maximum absolute atomic E-state index is 6.44. The maximum atomic E-state index is 6.44. The standard InChI is InChI=1S/C31H18ClN3O/c32-31-34-29(20-10-2-1-3-11-20)33-30(35-31)24-18-17-19-9-4-5-12-21(19)27(24)23-14-8-16-26-28(23)22-13-6-7-15-25(22)36-26/h1-18H. The number of furan rings is 1. The molecule has 0 spiro atoms. The van der Waals surface area contributed by atoms with Gasteiger partial charge in [0, 0.05) is 27.5 Å². The largest absolute Gasteiger partial charge is 0.456 e. The number of fused-ring (bicyclic) bond motifs is 4. The number of aromatic nitrogens is 3. The van der Waals surface area contributed by atoms with Crippen LogP contribution in [0.15, 0.2) is 114 Å². The van der Waals surface area contributed by atoms with E-state index in [2.05, 4.69) is 52.4 Å². The maximum Gasteiger partial charge on any atom is 0.226 e. The number of hydrogen-bond donors (Lipinski definition) is 0. The third kappa shape index (κ3) is 3.35. The molecule has 2 heterocycles. The molecule has 5 aromatic carbocycles. The smallest absolute Gasteiger partial charge is 0.226 e. The fourth-order valence-corrected chi connectivity index (χ4v) is 5.08. The van der Waals surface area contributed by atoms with Crippen molar-refractivity contribution < 1.29 is 4.42 Å². The fraction of sp³-hybridized carbons (Fsp3) is 0. The SMILES string of the molecule is Clc1nc(-c2ccccc2)nc(-c2ccc3ccccc3c2-c2cccc3oc4ccccc4c23)n1. The molecule has 0 amide bonds. The molecule has 2 aromatic heterocycles. The summed E-state index contributed by atoms with van der Waals surface area (Å²) in [6.07, 6.45) is 0. The summed E-state index contributed by atoms with van der Waals surface area (Å²) in [6.45, 7) is 0. The molecule has 5 heteroatoms. The highest BCUT2D eigenvalue weighted by Crippen LogP contribution is 2.43. The van der Waals surface area contributed by atoms with Crippen molar-refractivity contribution in [3.05, 3.63) is 114 Å². The van der Waals surface area contributed by atoms with Crippen LogP contribution < -0.4 is 0 Å². The van der Waals surface area contributed by atoms with Gasteiger partial charge in [-0.15, -0.1) is 0 Å². The Morgan fingerprint density at radius 3 is 2.14 bits per heavy atom. The van der Waals surface area contributed by atoms with Gasteiger partial charge in [-0.2, -0.15) is 9.97 Å². The van der Waals surface area contributed by atoms with Crippen LogP contribution in [0.5, 0.6) is 0 Å². The molecule has 170 valence electrons. The van der Waals surface area contributed by atoms with Gasteiger partial charge >= 0.3 is 0 Å². The molecule has 7 rings (SSSR count). The van der Waals surface area contributed by atoms with E-state index in [1.165, 1.54) is 0 Å². The average Bonchev–Trinajstić information content (AvgIpc) is 3.32. The van der Waals surface area contributed by atoms with Crippen molar-refractivity contribution in [2.75, 3.05) is 0 Å². The van der Waals surface area contributed by atoms with Gasteiger partial charge in [-0.25, -0.2) is 4.98 Å². The van der Waals surface area contributed by atoms with Gasteiger partial charge in [0.15, 0.2) is 11.6 Å². The molecular formula is C31H18ClN3O. The Morgan fingerprint density at radius 1 is 0.528 bits per heavy atom. The van der Waals surface area contributed by atoms with Crippen molar-refractivity contribution in [2.45, 2.75) is 0 Å². The highest BCUT2D eigenvalue weighted by Gasteiger charge is 2.20. The summed E-state index contributed by atoms with van der Waals surface area (Å²) in [5.41, 5.74) is 5.55. The Hall–Kier alpha value is -4.54. The van der Waals surface area contributed by atoms with Crippen LogP contribution in [0.3, 0.4) is 0 Å². The Balaban J connectivity index is 1.58. The fourth-order valence-electron chi connectivity index (χ4n) is 4.92. The van der Waals surface area contributed by atoms with Gasteiger partial charge < -0.3 is 4.42 Å². The monoisotopic (exact) mass is 483 g/mol. The summed E-state index contributed by atoms with van der Waals surface area (Å²) in [5.74, 6) is 1.07. The van der Waals surface area contributed by atoms with Gasteiger partial charge in [-0.3, -0.25) is 0 Å². The molecule has 0 unspecified atom stereocenters. The molecule has 0 atom stereocenters. The van der Waals surface area contributed by atoms with Crippen molar-refractivity contribution in [3.63, 3.8) is 0 Å². The lowest BCUT2D eigenvalue weighted by molar-refractivity contribution is 0.669. The first-order valence-corrected chi connectivity index (χ1v) is 12.0. The van der Waals surface area contributed by atoms with Crippen LogP contribution in [0.1, 0.15) is 0 Å². The lowest BCUT2D eigenvalue weighted by atomic mass is 9.90. The molecule has 0 aliphatic rings. The van der Waals surface area contributed by atoms with Crippen molar-refractivity contribution in [1.29, 1.82) is 0 Å². The van der Waals surface area contributed by atoms with Crippen LogP contribution in [-0.4, -0.2) is 15.0 Å². The highest BCUT2D eigenvalue weighted by atomic mass is 35.5. The molecule has 7 aromatic rings. The predicted octanol–water partition coefficient (Wildman–Crippen LogP) is 8.58. The summed E-state index contributed by atoms with van der Waals surface area (Å²) < 4.78 is 6.21. The van der Waals surface area contributed by atoms with Gasteiger partial charge in [0.1, 0.15) is 11.2 Å². The summed E-state index contributed by atoms with van der Waals surface area (Å²) in [7, 11) is 0. The molecule has 0 saturated carbocycles. The van der Waals surface area contributed by atoms with E-state index in [-0.39, 0.29) is 5.28 Å². The third-order valence-electron chi connectivity index (χ3n) is 6.48. The van der Waals surface area contributed by atoms with Crippen LogP contribution in [0.4, 0.5) is 0 Å². The number of benzene rings is 5. The van der Waals surface area contributed by atoms with Crippen LogP contribution in [0.25, 0.3) is 66.6 Å². The number of para-hydroxylation sites is 1. The molecule has 0 aliphatic carbocycles. The second-order valence-corrected chi connectivity index (χ2v) is 8.94. The number of halogens is 1. The topological polar surface area (TPSA) is 51.8 Å². The van der Waals surface area contributed by atoms with Gasteiger partial charge in [0.05, 0.1) is 0 Å². The van der Waals surface area contributed by atoms with E-state index in [0.717, 1.165) is 55.0 Å². The Labute approximate surface area is 211 Å². The zero-order valence-corrected chi connectivity index (χ0v) is 19.8. The Morgan fingerprint density at radius 2 is 1.25 bits per heavy atom. The summed E-state index contributed by atoms with van der Waals surface area (Å²) >= 11 is 6.44. The van der Waals surface area contributed by atoms with Crippen LogP contribution in [0.2, 0.25) is 5.28 Å². The van der Waals surface area contributed by atoms with E-state index in [1.54, 1.807) is 0 Å². The molecule has 0 saturated heterocycles. The summed E-state index contributed by atoms with van der Waals surface area (Å²) in [5, 5.41) is 4.52. The number of rotatable bonds is 3. The molecule has 36 heavy (non-hydrogen) atoms. The Bertz CT molecular complexity index is 1910. The molecule has 4 nitrogen and oxygen atoms in total. The zero-order valence-electron chi connectivity index (χ0n) is 19.0. The summed E-state index contributed by atoms with van der Waals surface area (Å²) in [6, 6.07) is 36.6. The molecular weight excluding hydrogens is 466 g/mol. The predicted molar refractivity (Wildman–Crippen MR) is 146 cm³/mol. The van der Waals surface area contributed by atoms with E-state index in [4.69, 9.17) is 21.0 Å². The first kappa shape index (κ1) is 20.8. The van der Waals surface area contributed by atoms with Gasteiger partial charge in [-0.05, 0) is 46.1 Å². The lowest BCUT2D eigenvalue weighted by Gasteiger charge is -2.15. The average molecular weight is 484 g/mol. The van der Waals surface area contributed by atoms with E-state index >= 15 is 0 Å². The van der Waals surface area contributed by atoms with Crippen molar-refractivity contribution >= 4 is 44.3 Å². The van der Waals surface area contributed by atoms with E-state index in [0.29, 0.717) is 11.6 Å². The molecule has 0 fully saturated rings. The van der Waals surface area contributed by atoms with Crippen LogP contribution >= 0.6 is 11.6 Å². The summed E-state index contributed by atoms with van der Waals surface area (Å²) in [4.78, 5) is 13.8. The minimum absolute atomic E-state index is 0.157. The molecule has 0 N–H and O–H groups in total. The normalized spacial score (nSPS) is 11.5. The van der Waals surface area contributed by atoms with Crippen molar-refractivity contribution in [1.82, 2.24) is 15.0 Å². The Kier molecular flexibility index (Phi) is 4.79. The second-order valence-electron chi connectivity index (χ2n) is 8.60. The van der Waals surface area contributed by atoms with Crippen molar-refractivity contribution in [3.8, 4) is 33.9 Å². The first-order chi connectivity index (χ1) is 17.8. The van der Waals surface area contributed by atoms with Crippen LogP contribution in [0, 0.1) is 0 Å². The molecule has 0 radical (unpaired) electrons. The minimum atomic E-state index is 0.157.